The first-order valence-electron chi connectivity index (χ1n) is 9.92. The van der Waals surface area contributed by atoms with E-state index in [2.05, 4.69) is 5.32 Å². The Morgan fingerprint density at radius 2 is 1.88 bits per heavy atom. The molecule has 0 spiro atoms. The number of ether oxygens (including phenoxy) is 3. The van der Waals surface area contributed by atoms with Gasteiger partial charge in [0.25, 0.3) is 0 Å². The Kier molecular flexibility index (Phi) is 7.46. The Bertz CT molecular complexity index is 1030. The van der Waals surface area contributed by atoms with E-state index in [0.29, 0.717) is 11.3 Å². The van der Waals surface area contributed by atoms with E-state index >= 15 is 0 Å². The fourth-order valence-corrected chi connectivity index (χ4v) is 3.26. The van der Waals surface area contributed by atoms with Crippen LogP contribution in [0, 0.1) is 17.0 Å². The summed E-state index contributed by atoms with van der Waals surface area (Å²) in [6, 6.07) is 8.72. The molecule has 5 atom stereocenters. The summed E-state index contributed by atoms with van der Waals surface area (Å²) in [6.07, 6.45) is -7.59. The van der Waals surface area contributed by atoms with E-state index in [1.807, 2.05) is 0 Å². The van der Waals surface area contributed by atoms with Gasteiger partial charge < -0.3 is 40.0 Å². The largest absolute Gasteiger partial charge is 0.461 e. The molecule has 33 heavy (non-hydrogen) atoms. The van der Waals surface area contributed by atoms with Gasteiger partial charge in [0.05, 0.1) is 17.6 Å². The summed E-state index contributed by atoms with van der Waals surface area (Å²) in [5, 5.41) is 53.5. The standard InChI is InChI=1S/C21H24N2O10/c1-10-6-16(31-13-5-3-4-12(7-13)22-11(2)25)14(23(29)30)8-15(10)32-21-20(28)19(27)18(26)17(9-24)33-21/h3-8,17-21,24,26-28H,9H2,1-2H3,(H,22,25)/t17-,18-,19+,20+,21+/m1/s1. The average molecular weight is 464 g/mol. The Morgan fingerprint density at radius 3 is 2.52 bits per heavy atom. The molecule has 0 saturated carbocycles. The van der Waals surface area contributed by atoms with E-state index < -0.39 is 47.9 Å². The molecule has 1 aliphatic heterocycles. The topological polar surface area (TPSA) is 181 Å². The van der Waals surface area contributed by atoms with Crippen LogP contribution >= 0.6 is 0 Å². The molecule has 2 aromatic rings. The van der Waals surface area contributed by atoms with Gasteiger partial charge in [0, 0.05) is 18.7 Å². The Labute approximate surface area is 188 Å². The van der Waals surface area contributed by atoms with E-state index in [1.54, 1.807) is 25.1 Å². The molecule has 5 N–H and O–H groups in total. The lowest BCUT2D eigenvalue weighted by Crippen LogP contribution is -2.60. The lowest BCUT2D eigenvalue weighted by molar-refractivity contribution is -0.385. The van der Waals surface area contributed by atoms with Gasteiger partial charge in [0.2, 0.25) is 17.9 Å². The van der Waals surface area contributed by atoms with Crippen molar-refractivity contribution in [1.29, 1.82) is 0 Å². The molecule has 178 valence electrons. The lowest BCUT2D eigenvalue weighted by Gasteiger charge is -2.39. The van der Waals surface area contributed by atoms with Crippen LogP contribution < -0.4 is 14.8 Å². The molecule has 1 amide bonds. The van der Waals surface area contributed by atoms with Crippen LogP contribution in [0.15, 0.2) is 36.4 Å². The zero-order chi connectivity index (χ0) is 24.3. The van der Waals surface area contributed by atoms with Crippen LogP contribution in [-0.4, -0.2) is 68.6 Å². The predicted molar refractivity (Wildman–Crippen MR) is 113 cm³/mol. The molecule has 0 aromatic heterocycles. The number of anilines is 1. The molecular weight excluding hydrogens is 440 g/mol. The maximum atomic E-state index is 11.7. The second kappa shape index (κ2) is 10.1. The van der Waals surface area contributed by atoms with Crippen LogP contribution in [0.2, 0.25) is 0 Å². The quantitative estimate of drug-likeness (QED) is 0.291. The van der Waals surface area contributed by atoms with Crippen molar-refractivity contribution in [1.82, 2.24) is 0 Å². The molecule has 12 heteroatoms. The van der Waals surface area contributed by atoms with E-state index in [-0.39, 0.29) is 23.2 Å². The van der Waals surface area contributed by atoms with Crippen molar-refractivity contribution in [2.24, 2.45) is 0 Å². The third kappa shape index (κ3) is 5.56. The molecule has 0 aliphatic carbocycles. The maximum Gasteiger partial charge on any atom is 0.315 e. The predicted octanol–water partition coefficient (Wildman–Crippen LogP) is 0.833. The summed E-state index contributed by atoms with van der Waals surface area (Å²) in [4.78, 5) is 22.2. The third-order valence-electron chi connectivity index (χ3n) is 4.93. The summed E-state index contributed by atoms with van der Waals surface area (Å²) >= 11 is 0. The molecule has 1 fully saturated rings. The van der Waals surface area contributed by atoms with E-state index in [1.165, 1.54) is 19.1 Å². The second-order valence-corrected chi connectivity index (χ2v) is 7.47. The van der Waals surface area contributed by atoms with Gasteiger partial charge in [-0.2, -0.15) is 0 Å². The van der Waals surface area contributed by atoms with Crippen molar-refractivity contribution in [3.05, 3.63) is 52.1 Å². The number of aryl methyl sites for hydroxylation is 1. The molecule has 1 heterocycles. The van der Waals surface area contributed by atoms with Gasteiger partial charge in [-0.15, -0.1) is 0 Å². The number of hydrogen-bond donors (Lipinski definition) is 5. The number of nitro groups is 1. The number of carbonyl (C=O) groups is 1. The molecule has 1 aliphatic rings. The Morgan fingerprint density at radius 1 is 1.15 bits per heavy atom. The smallest absolute Gasteiger partial charge is 0.315 e. The number of nitrogens with zero attached hydrogens (tertiary/aromatic N) is 1. The number of aliphatic hydroxyl groups is 4. The first kappa shape index (κ1) is 24.4. The molecule has 1 saturated heterocycles. The Balaban J connectivity index is 1.87. The number of amides is 1. The summed E-state index contributed by atoms with van der Waals surface area (Å²) in [6.45, 7) is 2.27. The van der Waals surface area contributed by atoms with Gasteiger partial charge in [0.15, 0.2) is 0 Å². The highest BCUT2D eigenvalue weighted by molar-refractivity contribution is 5.88. The lowest BCUT2D eigenvalue weighted by atomic mass is 9.99. The monoisotopic (exact) mass is 464 g/mol. The number of hydrogen-bond acceptors (Lipinski definition) is 10. The molecule has 0 unspecified atom stereocenters. The average Bonchev–Trinajstić information content (AvgIpc) is 2.75. The first-order valence-corrected chi connectivity index (χ1v) is 9.92. The van der Waals surface area contributed by atoms with Crippen molar-refractivity contribution in [3.8, 4) is 17.2 Å². The Hall–Kier alpha value is -3.29. The number of rotatable bonds is 7. The minimum atomic E-state index is -1.67. The van der Waals surface area contributed by atoms with E-state index in [4.69, 9.17) is 14.2 Å². The van der Waals surface area contributed by atoms with E-state index in [0.717, 1.165) is 6.07 Å². The highest BCUT2D eigenvalue weighted by atomic mass is 16.7. The number of aliphatic hydroxyl groups excluding tert-OH is 4. The van der Waals surface area contributed by atoms with Crippen LogP contribution in [0.5, 0.6) is 17.2 Å². The van der Waals surface area contributed by atoms with E-state index in [9.17, 15) is 35.3 Å². The van der Waals surface area contributed by atoms with Gasteiger partial charge in [-0.3, -0.25) is 14.9 Å². The molecular formula is C21H24N2O10. The maximum absolute atomic E-state index is 11.7. The zero-order valence-corrected chi connectivity index (χ0v) is 17.7. The normalized spacial score (nSPS) is 24.7. The van der Waals surface area contributed by atoms with Crippen molar-refractivity contribution in [2.45, 2.75) is 44.6 Å². The first-order chi connectivity index (χ1) is 15.6. The fraction of sp³-hybridized carbons (Fsp3) is 0.381. The van der Waals surface area contributed by atoms with Gasteiger partial charge in [-0.25, -0.2) is 0 Å². The number of carbonyl (C=O) groups excluding carboxylic acids is 1. The summed E-state index contributed by atoms with van der Waals surface area (Å²) < 4.78 is 16.5. The van der Waals surface area contributed by atoms with Crippen LogP contribution in [0.3, 0.4) is 0 Å². The number of nitrogens with one attached hydrogen (secondary N) is 1. The third-order valence-corrected chi connectivity index (χ3v) is 4.93. The fourth-order valence-electron chi connectivity index (χ4n) is 3.26. The number of nitro benzene ring substituents is 1. The highest BCUT2D eigenvalue weighted by Gasteiger charge is 2.45. The van der Waals surface area contributed by atoms with Gasteiger partial charge >= 0.3 is 5.69 Å². The minimum Gasteiger partial charge on any atom is -0.461 e. The second-order valence-electron chi connectivity index (χ2n) is 7.47. The summed E-state index contributed by atoms with van der Waals surface area (Å²) in [5.41, 5.74) is 0.373. The summed E-state index contributed by atoms with van der Waals surface area (Å²) in [5.74, 6) is -0.181. The molecule has 3 rings (SSSR count). The van der Waals surface area contributed by atoms with Crippen molar-refractivity contribution < 1.29 is 44.4 Å². The minimum absolute atomic E-state index is 0.0367. The molecule has 0 bridgehead atoms. The van der Waals surface area contributed by atoms with Crippen molar-refractivity contribution >= 4 is 17.3 Å². The van der Waals surface area contributed by atoms with Crippen LogP contribution in [0.1, 0.15) is 12.5 Å². The van der Waals surface area contributed by atoms with Crippen LogP contribution in [-0.2, 0) is 9.53 Å². The zero-order valence-electron chi connectivity index (χ0n) is 17.7. The van der Waals surface area contributed by atoms with Crippen molar-refractivity contribution in [3.63, 3.8) is 0 Å². The molecule has 12 nitrogen and oxygen atoms in total. The van der Waals surface area contributed by atoms with Crippen LogP contribution in [0.25, 0.3) is 0 Å². The summed E-state index contributed by atoms with van der Waals surface area (Å²) in [7, 11) is 0. The molecule has 0 radical (unpaired) electrons. The van der Waals surface area contributed by atoms with Gasteiger partial charge in [-0.05, 0) is 30.7 Å². The SMILES string of the molecule is CC(=O)Nc1cccc(Oc2cc(C)c(O[C@H]3O[C@H](CO)[C@@H](O)[C@H](O)[C@@H]3O)cc2[N+](=O)[O-])c1. The molecule has 2 aromatic carbocycles. The number of benzene rings is 2. The van der Waals surface area contributed by atoms with Crippen LogP contribution in [0.4, 0.5) is 11.4 Å². The van der Waals surface area contributed by atoms with Crippen molar-refractivity contribution in [2.75, 3.05) is 11.9 Å². The van der Waals surface area contributed by atoms with Gasteiger partial charge in [-0.1, -0.05) is 6.07 Å². The van der Waals surface area contributed by atoms with Gasteiger partial charge in [0.1, 0.15) is 35.9 Å². The highest BCUT2D eigenvalue weighted by Crippen LogP contribution is 2.38.